The number of thioether (sulfide) groups is 1. The number of ether oxygens (including phenoxy) is 1. The summed E-state index contributed by atoms with van der Waals surface area (Å²) in [6.07, 6.45) is -1.09. The number of carbonyl (C=O) groups is 4. The molecule has 13 heteroatoms. The first-order valence-corrected chi connectivity index (χ1v) is 12.8. The van der Waals surface area contributed by atoms with E-state index in [0.29, 0.717) is 12.3 Å². The van der Waals surface area contributed by atoms with Crippen LogP contribution in [0.15, 0.2) is 0 Å². The quantitative estimate of drug-likeness (QED) is 0.217. The van der Waals surface area contributed by atoms with Crippen LogP contribution in [0, 0.1) is 11.3 Å². The number of carbonyl (C=O) groups excluding carboxylic acids is 4. The third-order valence-electron chi connectivity index (χ3n) is 4.60. The van der Waals surface area contributed by atoms with Crippen molar-refractivity contribution in [3.05, 3.63) is 0 Å². The molecule has 0 saturated carbocycles. The Labute approximate surface area is 193 Å². The zero-order valence-corrected chi connectivity index (χ0v) is 21.1. The Kier molecular flexibility index (Phi) is 11.3. The van der Waals surface area contributed by atoms with E-state index in [-0.39, 0.29) is 36.5 Å². The van der Waals surface area contributed by atoms with Gasteiger partial charge in [0.15, 0.2) is 11.2 Å². The van der Waals surface area contributed by atoms with Gasteiger partial charge in [0.05, 0.1) is 13.7 Å². The second-order valence-corrected chi connectivity index (χ2v) is 11.3. The zero-order valence-electron chi connectivity index (χ0n) is 19.4. The zero-order chi connectivity index (χ0) is 24.5. The van der Waals surface area contributed by atoms with Crippen molar-refractivity contribution in [1.29, 1.82) is 0 Å². The first-order valence-electron chi connectivity index (χ1n) is 10.3. The Morgan fingerprint density at radius 3 is 2.41 bits per heavy atom. The van der Waals surface area contributed by atoms with Crippen LogP contribution in [0.1, 0.15) is 41.0 Å². The molecule has 3 atom stereocenters. The first kappa shape index (κ1) is 28.6. The fourth-order valence-corrected chi connectivity index (χ4v) is 5.34. The molecule has 1 aliphatic rings. The van der Waals surface area contributed by atoms with Crippen LogP contribution in [-0.4, -0.2) is 67.6 Å². The second-order valence-electron chi connectivity index (χ2n) is 8.35. The predicted octanol–water partition coefficient (Wildman–Crippen LogP) is 1.23. The van der Waals surface area contributed by atoms with Gasteiger partial charge in [0.1, 0.15) is 6.04 Å². The molecule has 0 aliphatic carbocycles. The summed E-state index contributed by atoms with van der Waals surface area (Å²) < 4.78 is 28.8. The van der Waals surface area contributed by atoms with Gasteiger partial charge >= 0.3 is 13.7 Å². The van der Waals surface area contributed by atoms with E-state index in [0.717, 1.165) is 11.8 Å². The molecule has 0 aromatic carbocycles. The maximum atomic E-state index is 13.1. The monoisotopic (exact) mass is 495 g/mol. The third kappa shape index (κ3) is 9.19. The Morgan fingerprint density at radius 2 is 1.84 bits per heavy atom. The molecule has 2 amide bonds. The maximum Gasteiger partial charge on any atom is 0.407 e. The lowest BCUT2D eigenvalue weighted by Crippen LogP contribution is -2.52. The molecule has 1 heterocycles. The topological polar surface area (TPSA) is 149 Å². The minimum absolute atomic E-state index is 0.0244. The van der Waals surface area contributed by atoms with E-state index >= 15 is 0 Å². The molecule has 1 saturated heterocycles. The van der Waals surface area contributed by atoms with Crippen LogP contribution < -0.4 is 15.7 Å². The average molecular weight is 496 g/mol. The molecule has 0 spiro atoms. The molecule has 32 heavy (non-hydrogen) atoms. The van der Waals surface area contributed by atoms with Gasteiger partial charge in [0.25, 0.3) is 0 Å². The van der Waals surface area contributed by atoms with Gasteiger partial charge in [0, 0.05) is 37.6 Å². The van der Waals surface area contributed by atoms with Gasteiger partial charge in [-0.15, -0.1) is 0 Å². The van der Waals surface area contributed by atoms with Gasteiger partial charge in [-0.05, 0) is 5.92 Å². The summed E-state index contributed by atoms with van der Waals surface area (Å²) in [5.41, 5.74) is -0.801. The standard InChI is InChI=1S/C19H34N3O8PS/c1-12(2)15(18(26)28-6)22-31(27)29-11-19(4,5)16(30-31)17(25)21-8-7-14(24)20-9-10-32-13(3)23/h12,15-16H,7-11H2,1-6H3,(H,20,24)(H,21,25)(H,22,27)/t15-,16-,31-/m0/s1. The SMILES string of the molecule is COC(=O)[C@@H](N[P@]1(=O)OCC(C)(C)[C@H](C(=O)NCCC(=O)NCCSC(C)=O)O1)C(C)C. The maximum absolute atomic E-state index is 13.1. The highest BCUT2D eigenvalue weighted by Gasteiger charge is 2.49. The molecule has 1 fully saturated rings. The van der Waals surface area contributed by atoms with Crippen molar-refractivity contribution in [2.24, 2.45) is 11.3 Å². The summed E-state index contributed by atoms with van der Waals surface area (Å²) in [6, 6.07) is -0.944. The lowest BCUT2D eigenvalue weighted by atomic mass is 9.87. The van der Waals surface area contributed by atoms with Crippen LogP contribution in [0.25, 0.3) is 0 Å². The number of methoxy groups -OCH3 is 1. The van der Waals surface area contributed by atoms with Gasteiger partial charge in [-0.1, -0.05) is 39.5 Å². The van der Waals surface area contributed by atoms with E-state index in [9.17, 15) is 23.7 Å². The number of esters is 1. The molecule has 0 aromatic rings. The number of nitrogens with one attached hydrogen (secondary N) is 3. The van der Waals surface area contributed by atoms with Crippen LogP contribution in [0.3, 0.4) is 0 Å². The van der Waals surface area contributed by atoms with E-state index in [1.807, 2.05) is 0 Å². The van der Waals surface area contributed by atoms with E-state index < -0.39 is 37.2 Å². The van der Waals surface area contributed by atoms with Crippen molar-refractivity contribution in [1.82, 2.24) is 15.7 Å². The highest BCUT2D eigenvalue weighted by atomic mass is 32.2. The smallest absolute Gasteiger partial charge is 0.407 e. The molecule has 0 bridgehead atoms. The van der Waals surface area contributed by atoms with Gasteiger partial charge < -0.3 is 15.4 Å². The summed E-state index contributed by atoms with van der Waals surface area (Å²) in [5.74, 6) is -1.23. The fraction of sp³-hybridized carbons (Fsp3) is 0.789. The largest absolute Gasteiger partial charge is 0.468 e. The summed E-state index contributed by atoms with van der Waals surface area (Å²) >= 11 is 1.12. The molecule has 0 radical (unpaired) electrons. The summed E-state index contributed by atoms with van der Waals surface area (Å²) in [6.45, 7) is 8.73. The fourth-order valence-electron chi connectivity index (χ4n) is 2.75. The van der Waals surface area contributed by atoms with Crippen LogP contribution in [0.2, 0.25) is 0 Å². The van der Waals surface area contributed by atoms with Crippen LogP contribution in [0.5, 0.6) is 0 Å². The molecule has 11 nitrogen and oxygen atoms in total. The number of hydrogen-bond acceptors (Lipinski definition) is 9. The number of rotatable bonds is 11. The van der Waals surface area contributed by atoms with E-state index in [1.54, 1.807) is 27.7 Å². The Bertz CT molecular complexity index is 746. The first-order chi connectivity index (χ1) is 14.8. The molecular weight excluding hydrogens is 461 g/mol. The van der Waals surface area contributed by atoms with Gasteiger partial charge in [0.2, 0.25) is 11.8 Å². The molecular formula is C19H34N3O8PS. The van der Waals surface area contributed by atoms with Crippen molar-refractivity contribution < 1.29 is 37.5 Å². The molecule has 0 aromatic heterocycles. The van der Waals surface area contributed by atoms with Crippen molar-refractivity contribution in [3.63, 3.8) is 0 Å². The Hall–Kier alpha value is -1.46. The molecule has 3 N–H and O–H groups in total. The lowest BCUT2D eigenvalue weighted by molar-refractivity contribution is -0.144. The summed E-state index contributed by atoms with van der Waals surface area (Å²) in [5, 5.41) is 7.83. The third-order valence-corrected chi connectivity index (χ3v) is 6.96. The van der Waals surface area contributed by atoms with Gasteiger partial charge in [-0.2, -0.15) is 0 Å². The normalized spacial score (nSPS) is 23.3. The van der Waals surface area contributed by atoms with E-state index in [1.165, 1.54) is 14.0 Å². The van der Waals surface area contributed by atoms with E-state index in [2.05, 4.69) is 15.7 Å². The van der Waals surface area contributed by atoms with Crippen LogP contribution in [-0.2, 0) is 37.5 Å². The van der Waals surface area contributed by atoms with Gasteiger partial charge in [-0.25, -0.2) is 9.65 Å². The number of amides is 2. The summed E-state index contributed by atoms with van der Waals surface area (Å²) in [7, 11) is -2.76. The molecule has 0 unspecified atom stereocenters. The molecule has 184 valence electrons. The van der Waals surface area contributed by atoms with Crippen LogP contribution in [0.4, 0.5) is 0 Å². The van der Waals surface area contributed by atoms with Crippen molar-refractivity contribution in [2.45, 2.75) is 53.2 Å². The average Bonchev–Trinajstić information content (AvgIpc) is 2.70. The Balaban J connectivity index is 2.65. The van der Waals surface area contributed by atoms with Crippen LogP contribution >= 0.6 is 19.5 Å². The van der Waals surface area contributed by atoms with E-state index in [4.69, 9.17) is 13.8 Å². The lowest BCUT2D eigenvalue weighted by Gasteiger charge is -2.41. The minimum atomic E-state index is -3.98. The minimum Gasteiger partial charge on any atom is -0.468 e. The Morgan fingerprint density at radius 1 is 1.19 bits per heavy atom. The van der Waals surface area contributed by atoms with Crippen molar-refractivity contribution >= 4 is 42.4 Å². The highest BCUT2D eigenvalue weighted by Crippen LogP contribution is 2.53. The predicted molar refractivity (Wildman–Crippen MR) is 120 cm³/mol. The second kappa shape index (κ2) is 12.7. The summed E-state index contributed by atoms with van der Waals surface area (Å²) in [4.78, 5) is 47.4. The number of hydrogen-bond donors (Lipinski definition) is 3. The van der Waals surface area contributed by atoms with Crippen molar-refractivity contribution in [3.8, 4) is 0 Å². The van der Waals surface area contributed by atoms with Gasteiger partial charge in [-0.3, -0.25) is 28.2 Å². The molecule has 1 aliphatic heterocycles. The molecule has 1 rings (SSSR count). The van der Waals surface area contributed by atoms with Crippen molar-refractivity contribution in [2.75, 3.05) is 32.6 Å². The highest BCUT2D eigenvalue weighted by molar-refractivity contribution is 8.13.